The Labute approximate surface area is 303 Å². The van der Waals surface area contributed by atoms with Crippen LogP contribution in [0.3, 0.4) is 0 Å². The molecule has 0 aromatic carbocycles. The molecule has 1 N–H and O–H groups in total. The molecule has 1 amide bonds. The third kappa shape index (κ3) is 34.1. The van der Waals surface area contributed by atoms with E-state index in [4.69, 9.17) is 9.47 Å². The number of nitrogens with one attached hydrogen (secondary N) is 1. The van der Waals surface area contributed by atoms with Gasteiger partial charge in [0.1, 0.15) is 12.5 Å². The Bertz CT molecular complexity index is 807. The topological polar surface area (TPSA) is 81.7 Å². The molecule has 0 aliphatic rings. The molecule has 0 aliphatic carbocycles. The summed E-state index contributed by atoms with van der Waals surface area (Å²) in [6.45, 7) is 9.39. The molecule has 286 valence electrons. The van der Waals surface area contributed by atoms with Crippen LogP contribution in [0.4, 0.5) is 0 Å². The number of hydrogen-bond donors (Lipinski definition) is 1. The Balaban J connectivity index is 4.15. The van der Waals surface area contributed by atoms with E-state index < -0.39 is 11.9 Å². The van der Waals surface area contributed by atoms with E-state index in [-0.39, 0.29) is 31.0 Å². The van der Waals surface area contributed by atoms with Crippen molar-refractivity contribution in [3.63, 3.8) is 0 Å². The monoisotopic (exact) mass is 690 g/mol. The molecule has 0 aromatic rings. The third-order valence-electron chi connectivity index (χ3n) is 9.35. The Morgan fingerprint density at radius 3 is 1.63 bits per heavy atom. The van der Waals surface area contributed by atoms with Crippen LogP contribution in [0.15, 0.2) is 24.3 Å². The van der Waals surface area contributed by atoms with Crippen LogP contribution < -0.4 is 5.32 Å². The van der Waals surface area contributed by atoms with Gasteiger partial charge in [0.05, 0.1) is 6.61 Å². The van der Waals surface area contributed by atoms with Crippen molar-refractivity contribution in [1.29, 1.82) is 0 Å². The highest BCUT2D eigenvalue weighted by Gasteiger charge is 2.19. The summed E-state index contributed by atoms with van der Waals surface area (Å²) in [6.07, 6.45) is 39.0. The number of hydrogen-bond acceptors (Lipinski definition) is 5. The van der Waals surface area contributed by atoms with Crippen molar-refractivity contribution in [3.8, 4) is 0 Å². The van der Waals surface area contributed by atoms with Gasteiger partial charge in [-0.3, -0.25) is 14.4 Å². The molecule has 49 heavy (non-hydrogen) atoms. The molecular weight excluding hydrogens is 610 g/mol. The van der Waals surface area contributed by atoms with Gasteiger partial charge in [-0.2, -0.15) is 0 Å². The number of unbranched alkanes of at least 4 members (excludes halogenated alkanes) is 18. The van der Waals surface area contributed by atoms with Gasteiger partial charge in [0.2, 0.25) is 5.91 Å². The lowest BCUT2D eigenvalue weighted by Gasteiger charge is -2.19. The van der Waals surface area contributed by atoms with E-state index in [2.05, 4.69) is 50.4 Å². The Morgan fingerprint density at radius 2 is 1.06 bits per heavy atom. The zero-order chi connectivity index (χ0) is 36.0. The molecular formula is C43H79NO5. The summed E-state index contributed by atoms with van der Waals surface area (Å²) in [4.78, 5) is 37.5. The van der Waals surface area contributed by atoms with E-state index >= 15 is 0 Å². The van der Waals surface area contributed by atoms with E-state index in [1.807, 2.05) is 6.92 Å². The second kappa shape index (κ2) is 37.2. The van der Waals surface area contributed by atoms with Crippen LogP contribution in [-0.4, -0.2) is 37.1 Å². The van der Waals surface area contributed by atoms with Gasteiger partial charge >= 0.3 is 11.9 Å². The molecule has 0 bridgehead atoms. The molecule has 1 atom stereocenters. The van der Waals surface area contributed by atoms with E-state index in [9.17, 15) is 14.4 Å². The van der Waals surface area contributed by atoms with Gasteiger partial charge < -0.3 is 14.8 Å². The lowest BCUT2D eigenvalue weighted by Crippen LogP contribution is -2.31. The normalized spacial score (nSPS) is 12.3. The minimum atomic E-state index is -0.544. The van der Waals surface area contributed by atoms with Crippen LogP contribution in [0.1, 0.15) is 207 Å². The third-order valence-corrected chi connectivity index (χ3v) is 9.35. The maximum atomic E-state index is 12.6. The maximum Gasteiger partial charge on any atom is 0.317 e. The summed E-state index contributed by atoms with van der Waals surface area (Å²) in [7, 11) is 0. The highest BCUT2D eigenvalue weighted by molar-refractivity contribution is 5.91. The van der Waals surface area contributed by atoms with E-state index in [0.29, 0.717) is 13.0 Å². The summed E-state index contributed by atoms with van der Waals surface area (Å²) in [6, 6.07) is 0. The molecule has 0 aliphatic heterocycles. The second-order valence-corrected chi connectivity index (χ2v) is 14.1. The van der Waals surface area contributed by atoms with Crippen LogP contribution in [0, 0.1) is 5.92 Å². The number of allylic oxidation sites excluding steroid dienone is 4. The quantitative estimate of drug-likeness (QED) is 0.0306. The zero-order valence-corrected chi connectivity index (χ0v) is 32.7. The van der Waals surface area contributed by atoms with Crippen molar-refractivity contribution in [3.05, 3.63) is 24.3 Å². The van der Waals surface area contributed by atoms with Gasteiger partial charge in [-0.25, -0.2) is 0 Å². The number of carbonyl (C=O) groups is 3. The number of esters is 2. The summed E-state index contributed by atoms with van der Waals surface area (Å²) >= 11 is 0. The van der Waals surface area contributed by atoms with Crippen LogP contribution in [0.25, 0.3) is 0 Å². The summed E-state index contributed by atoms with van der Waals surface area (Å²) in [5.41, 5.74) is 0. The second-order valence-electron chi connectivity index (χ2n) is 14.1. The maximum absolute atomic E-state index is 12.6. The Morgan fingerprint density at radius 1 is 0.571 bits per heavy atom. The molecule has 6 nitrogen and oxygen atoms in total. The highest BCUT2D eigenvalue weighted by atomic mass is 16.6. The SMILES string of the molecule is CCCCC/C=C\C/C=C\CCCCCCCC(=O)NCC(CC)COC(=O)CC(=O)OC(CCCCCCCC)CCCCCCCC. The fraction of sp³-hybridized carbons (Fsp3) is 0.837. The van der Waals surface area contributed by atoms with Crippen molar-refractivity contribution >= 4 is 17.8 Å². The number of rotatable bonds is 36. The molecule has 0 aromatic heterocycles. The molecule has 0 heterocycles. The number of carbonyl (C=O) groups excluding carboxylic acids is 3. The summed E-state index contributed by atoms with van der Waals surface area (Å²) in [5.74, 6) is -0.939. The summed E-state index contributed by atoms with van der Waals surface area (Å²) < 4.78 is 11.2. The van der Waals surface area contributed by atoms with Crippen molar-refractivity contribution < 1.29 is 23.9 Å². The lowest BCUT2D eigenvalue weighted by atomic mass is 10.0. The van der Waals surface area contributed by atoms with E-state index in [1.165, 1.54) is 89.9 Å². The zero-order valence-electron chi connectivity index (χ0n) is 32.7. The first-order valence-electron chi connectivity index (χ1n) is 20.9. The van der Waals surface area contributed by atoms with Gasteiger partial charge in [-0.15, -0.1) is 0 Å². The molecule has 0 spiro atoms. The van der Waals surface area contributed by atoms with Crippen molar-refractivity contribution in [2.45, 2.75) is 214 Å². The molecule has 0 fully saturated rings. The molecule has 0 rings (SSSR count). The number of ether oxygens (including phenoxy) is 2. The average Bonchev–Trinajstić information content (AvgIpc) is 3.09. The first kappa shape index (κ1) is 46.9. The van der Waals surface area contributed by atoms with Crippen LogP contribution in [0.2, 0.25) is 0 Å². The standard InChI is InChI=1S/C43H79NO5/c1-5-9-12-15-18-19-20-21-22-23-24-25-26-29-32-35-41(45)44-37-39(8-4)38-48-42(46)36-43(47)49-40(33-30-27-16-13-10-6-2)34-31-28-17-14-11-7-3/h18-19,21-22,39-40H,5-17,20,23-38H2,1-4H3,(H,44,45)/b19-18-,22-21-. The van der Waals surface area contributed by atoms with Crippen LogP contribution in [-0.2, 0) is 23.9 Å². The first-order valence-corrected chi connectivity index (χ1v) is 20.9. The fourth-order valence-corrected chi connectivity index (χ4v) is 5.94. The smallest absolute Gasteiger partial charge is 0.317 e. The molecule has 0 saturated carbocycles. The van der Waals surface area contributed by atoms with E-state index in [0.717, 1.165) is 77.0 Å². The molecule has 0 saturated heterocycles. The molecule has 1 unspecified atom stereocenters. The minimum Gasteiger partial charge on any atom is -0.465 e. The number of amides is 1. The largest absolute Gasteiger partial charge is 0.465 e. The van der Waals surface area contributed by atoms with E-state index in [1.54, 1.807) is 0 Å². The van der Waals surface area contributed by atoms with Gasteiger partial charge in [0.25, 0.3) is 0 Å². The fourth-order valence-electron chi connectivity index (χ4n) is 5.94. The molecule has 6 heteroatoms. The minimum absolute atomic E-state index is 0.0293. The van der Waals surface area contributed by atoms with Gasteiger partial charge in [0, 0.05) is 18.9 Å². The van der Waals surface area contributed by atoms with Crippen molar-refractivity contribution in [2.75, 3.05) is 13.2 Å². The molecule has 0 radical (unpaired) electrons. The first-order chi connectivity index (χ1) is 24.0. The Kier molecular flexibility index (Phi) is 35.6. The van der Waals surface area contributed by atoms with Gasteiger partial charge in [-0.05, 0) is 70.6 Å². The highest BCUT2D eigenvalue weighted by Crippen LogP contribution is 2.18. The van der Waals surface area contributed by atoms with Gasteiger partial charge in [-0.1, -0.05) is 148 Å². The van der Waals surface area contributed by atoms with Crippen molar-refractivity contribution in [1.82, 2.24) is 5.32 Å². The van der Waals surface area contributed by atoms with Gasteiger partial charge in [0.15, 0.2) is 0 Å². The Hall–Kier alpha value is -2.11. The lowest BCUT2D eigenvalue weighted by molar-refractivity contribution is -0.158. The predicted molar refractivity (Wildman–Crippen MR) is 208 cm³/mol. The predicted octanol–water partition coefficient (Wildman–Crippen LogP) is 12.3. The summed E-state index contributed by atoms with van der Waals surface area (Å²) in [5, 5.41) is 3.01. The van der Waals surface area contributed by atoms with Crippen molar-refractivity contribution in [2.24, 2.45) is 5.92 Å². The average molecular weight is 690 g/mol. The van der Waals surface area contributed by atoms with Crippen LogP contribution >= 0.6 is 0 Å². The van der Waals surface area contributed by atoms with Crippen LogP contribution in [0.5, 0.6) is 0 Å².